The Hall–Kier alpha value is -1.67. The molecule has 0 atom stereocenters. The fourth-order valence-corrected chi connectivity index (χ4v) is 3.64. The Kier molecular flexibility index (Phi) is 5.25. The van der Waals surface area contributed by atoms with Gasteiger partial charge in [0, 0.05) is 17.7 Å². The van der Waals surface area contributed by atoms with Crippen LogP contribution in [0.3, 0.4) is 0 Å². The van der Waals surface area contributed by atoms with Gasteiger partial charge < -0.3 is 8.99 Å². The topological polar surface area (TPSA) is 27.1 Å². The Balaban J connectivity index is 1.98. The molecule has 28 heavy (non-hydrogen) atoms. The second kappa shape index (κ2) is 6.98. The molecule has 1 aliphatic carbocycles. The van der Waals surface area contributed by atoms with E-state index in [1.807, 2.05) is 13.1 Å². The molecule has 1 fully saturated rings. The molecule has 0 N–H and O–H groups in total. The maximum atomic E-state index is 14.5. The zero-order valence-electron chi connectivity index (χ0n) is 16.8. The summed E-state index contributed by atoms with van der Waals surface area (Å²) < 4.78 is 62.5. The first-order valence-corrected chi connectivity index (χ1v) is 12.3. The minimum Gasteiger partial charge on any atom is -0.412 e. The van der Waals surface area contributed by atoms with Gasteiger partial charge in [0.05, 0.1) is 29.9 Å². The van der Waals surface area contributed by atoms with Crippen LogP contribution in [0, 0.1) is 5.82 Å². The van der Waals surface area contributed by atoms with E-state index < -0.39 is 25.9 Å². The molecule has 154 valence electrons. The second-order valence-electron chi connectivity index (χ2n) is 8.99. The van der Waals surface area contributed by atoms with Crippen LogP contribution in [0.1, 0.15) is 56.4 Å². The van der Waals surface area contributed by atoms with Crippen LogP contribution in [0.2, 0.25) is 18.1 Å². The van der Waals surface area contributed by atoms with Crippen molar-refractivity contribution in [2.24, 2.45) is 0 Å². The first kappa shape index (κ1) is 21.0. The number of aromatic nitrogens is 2. The van der Waals surface area contributed by atoms with Gasteiger partial charge in [-0.1, -0.05) is 20.8 Å². The third-order valence-electron chi connectivity index (χ3n) is 5.74. The minimum atomic E-state index is -4.67. The summed E-state index contributed by atoms with van der Waals surface area (Å²) in [5, 5.41) is -0.0816. The Morgan fingerprint density at radius 2 is 1.82 bits per heavy atom. The van der Waals surface area contributed by atoms with Crippen molar-refractivity contribution in [2.45, 2.75) is 70.4 Å². The Labute approximate surface area is 163 Å². The van der Waals surface area contributed by atoms with Crippen LogP contribution < -0.4 is 0 Å². The van der Waals surface area contributed by atoms with Crippen molar-refractivity contribution < 1.29 is 22.0 Å². The predicted molar refractivity (Wildman–Crippen MR) is 102 cm³/mol. The maximum absolute atomic E-state index is 14.5. The molecule has 1 heterocycles. The zero-order chi connectivity index (χ0) is 20.9. The number of nitrogens with zero attached hydrogens (tertiary/aromatic N) is 2. The summed E-state index contributed by atoms with van der Waals surface area (Å²) in [4.78, 5) is 4.22. The summed E-state index contributed by atoms with van der Waals surface area (Å²) in [6.07, 6.45) is 0.308. The predicted octanol–water partition coefficient (Wildman–Crippen LogP) is 6.43. The molecule has 1 aromatic carbocycles. The molecule has 1 aliphatic rings. The van der Waals surface area contributed by atoms with Crippen LogP contribution in [0.25, 0.3) is 5.69 Å². The number of imidazole rings is 1. The van der Waals surface area contributed by atoms with Crippen molar-refractivity contribution in [3.8, 4) is 5.69 Å². The Bertz CT molecular complexity index is 864. The number of benzene rings is 1. The molecular weight excluding hydrogens is 388 g/mol. The van der Waals surface area contributed by atoms with Crippen LogP contribution in [0.15, 0.2) is 24.7 Å². The number of hydrogen-bond donors (Lipinski definition) is 0. The van der Waals surface area contributed by atoms with Gasteiger partial charge in [-0.2, -0.15) is 13.2 Å². The summed E-state index contributed by atoms with van der Waals surface area (Å²) in [5.41, 5.74) is -0.242. The van der Waals surface area contributed by atoms with E-state index in [9.17, 15) is 17.6 Å². The van der Waals surface area contributed by atoms with Crippen LogP contribution >= 0.6 is 0 Å². The van der Waals surface area contributed by atoms with Crippen LogP contribution in [0.4, 0.5) is 17.6 Å². The molecule has 3 rings (SSSR count). The van der Waals surface area contributed by atoms with Crippen LogP contribution in [-0.4, -0.2) is 17.9 Å². The third kappa shape index (κ3) is 4.32. The number of halogens is 4. The first-order valence-electron chi connectivity index (χ1n) is 9.37. The Morgan fingerprint density at radius 1 is 1.18 bits per heavy atom. The monoisotopic (exact) mass is 414 g/mol. The van der Waals surface area contributed by atoms with Crippen molar-refractivity contribution in [3.05, 3.63) is 47.3 Å². The molecule has 0 radical (unpaired) electrons. The van der Waals surface area contributed by atoms with E-state index in [0.717, 1.165) is 18.5 Å². The van der Waals surface area contributed by atoms with E-state index in [0.29, 0.717) is 12.0 Å². The van der Waals surface area contributed by atoms with Crippen LogP contribution in [-0.2, 0) is 17.2 Å². The molecule has 3 nitrogen and oxygen atoms in total. The van der Waals surface area contributed by atoms with Gasteiger partial charge in [-0.3, -0.25) is 0 Å². The molecule has 1 aromatic heterocycles. The lowest BCUT2D eigenvalue weighted by Gasteiger charge is -2.36. The quantitative estimate of drug-likeness (QED) is 0.416. The standard InChI is InChI=1S/C20H26F4N2OSi/c1-19(2,3)28(4,5)27-11-14-8-18(15(9-16(14)21)20(22,23)24)26-10-17(25-12-26)13-6-7-13/h8-10,12-13H,6-7,11H2,1-5H3. The summed E-state index contributed by atoms with van der Waals surface area (Å²) in [5.74, 6) is -0.588. The lowest BCUT2D eigenvalue weighted by Crippen LogP contribution is -2.40. The van der Waals surface area contributed by atoms with Gasteiger partial charge in [0.15, 0.2) is 8.32 Å². The second-order valence-corrected chi connectivity index (χ2v) is 13.8. The van der Waals surface area contributed by atoms with Crippen molar-refractivity contribution in [2.75, 3.05) is 0 Å². The zero-order valence-corrected chi connectivity index (χ0v) is 17.8. The van der Waals surface area contributed by atoms with E-state index in [1.54, 1.807) is 6.20 Å². The summed E-state index contributed by atoms with van der Waals surface area (Å²) >= 11 is 0. The van der Waals surface area contributed by atoms with Gasteiger partial charge in [0.1, 0.15) is 5.82 Å². The van der Waals surface area contributed by atoms with Gasteiger partial charge >= 0.3 is 6.18 Å². The minimum absolute atomic E-state index is 0.0579. The average molecular weight is 415 g/mol. The van der Waals surface area contributed by atoms with E-state index >= 15 is 0 Å². The lowest BCUT2D eigenvalue weighted by molar-refractivity contribution is -0.137. The molecule has 0 unspecified atom stereocenters. The van der Waals surface area contributed by atoms with E-state index in [2.05, 4.69) is 25.8 Å². The van der Waals surface area contributed by atoms with Gasteiger partial charge in [0.25, 0.3) is 0 Å². The van der Waals surface area contributed by atoms with E-state index in [4.69, 9.17) is 4.43 Å². The first-order chi connectivity index (χ1) is 12.8. The SMILES string of the molecule is CC(C)(C)[Si](C)(C)OCc1cc(-n2cnc(C3CC3)c2)c(C(F)(F)F)cc1F. The van der Waals surface area contributed by atoms with E-state index in [-0.39, 0.29) is 22.9 Å². The molecular formula is C20H26F4N2OSi. The van der Waals surface area contributed by atoms with Gasteiger partial charge in [0.2, 0.25) is 0 Å². The fraction of sp³-hybridized carbons (Fsp3) is 0.550. The third-order valence-corrected chi connectivity index (χ3v) is 10.2. The molecule has 0 amide bonds. The summed E-state index contributed by atoms with van der Waals surface area (Å²) in [7, 11) is -2.17. The normalized spacial score (nSPS) is 15.9. The molecule has 8 heteroatoms. The van der Waals surface area contributed by atoms with Gasteiger partial charge in [-0.25, -0.2) is 9.37 Å². The summed E-state index contributed by atoms with van der Waals surface area (Å²) in [6.45, 7) is 10.1. The fourth-order valence-electron chi connectivity index (χ4n) is 2.69. The van der Waals surface area contributed by atoms with Gasteiger partial charge in [-0.05, 0) is 43.1 Å². The van der Waals surface area contributed by atoms with E-state index in [1.165, 1.54) is 17.0 Å². The molecule has 0 saturated heterocycles. The number of hydrogen-bond acceptors (Lipinski definition) is 2. The highest BCUT2D eigenvalue weighted by Crippen LogP contribution is 2.41. The molecule has 2 aromatic rings. The average Bonchev–Trinajstić information content (AvgIpc) is 3.29. The maximum Gasteiger partial charge on any atom is 0.418 e. The number of rotatable bonds is 5. The highest BCUT2D eigenvalue weighted by atomic mass is 28.4. The molecule has 0 aliphatic heterocycles. The van der Waals surface area contributed by atoms with Gasteiger partial charge in [-0.15, -0.1) is 0 Å². The van der Waals surface area contributed by atoms with Crippen molar-refractivity contribution >= 4 is 8.32 Å². The molecule has 0 bridgehead atoms. The molecule has 0 spiro atoms. The lowest BCUT2D eigenvalue weighted by atomic mass is 10.1. The van der Waals surface area contributed by atoms with Crippen molar-refractivity contribution in [1.29, 1.82) is 0 Å². The van der Waals surface area contributed by atoms with Crippen LogP contribution in [0.5, 0.6) is 0 Å². The molecule has 1 saturated carbocycles. The highest BCUT2D eigenvalue weighted by molar-refractivity contribution is 6.74. The highest BCUT2D eigenvalue weighted by Gasteiger charge is 2.38. The van der Waals surface area contributed by atoms with Crippen molar-refractivity contribution in [3.63, 3.8) is 0 Å². The smallest absolute Gasteiger partial charge is 0.412 e. The summed E-state index contributed by atoms with van der Waals surface area (Å²) in [6, 6.07) is 1.81. The largest absolute Gasteiger partial charge is 0.418 e. The number of alkyl halides is 3. The van der Waals surface area contributed by atoms with Crippen molar-refractivity contribution in [1.82, 2.24) is 9.55 Å². The Morgan fingerprint density at radius 3 is 2.36 bits per heavy atom.